The van der Waals surface area contributed by atoms with Crippen LogP contribution in [0.1, 0.15) is 23.8 Å². The highest BCUT2D eigenvalue weighted by Crippen LogP contribution is 2.18. The quantitative estimate of drug-likeness (QED) is 0.634. The van der Waals surface area contributed by atoms with Crippen molar-refractivity contribution < 1.29 is 4.79 Å². The Labute approximate surface area is 76.6 Å². The van der Waals surface area contributed by atoms with Gasteiger partial charge in [-0.3, -0.25) is 9.78 Å². The van der Waals surface area contributed by atoms with Crippen LogP contribution in [0.25, 0.3) is 0 Å². The molecular formula is C9H11N3O. The highest BCUT2D eigenvalue weighted by molar-refractivity contribution is 5.92. The molecule has 68 valence electrons. The Morgan fingerprint density at radius 2 is 2.46 bits per heavy atom. The van der Waals surface area contributed by atoms with Gasteiger partial charge in [-0.05, 0) is 13.3 Å². The maximum atomic E-state index is 11.7. The zero-order valence-corrected chi connectivity index (χ0v) is 7.47. The number of hydrogen-bond donors (Lipinski definition) is 0. The zero-order chi connectivity index (χ0) is 9.26. The molecule has 1 aromatic rings. The van der Waals surface area contributed by atoms with Gasteiger partial charge in [0.25, 0.3) is 5.91 Å². The monoisotopic (exact) mass is 177 g/mol. The second kappa shape index (κ2) is 3.12. The smallest absolute Gasteiger partial charge is 0.274 e. The van der Waals surface area contributed by atoms with E-state index in [4.69, 9.17) is 0 Å². The number of aromatic nitrogens is 2. The van der Waals surface area contributed by atoms with Crippen molar-refractivity contribution in [2.24, 2.45) is 0 Å². The molecule has 1 aromatic heterocycles. The zero-order valence-electron chi connectivity index (χ0n) is 7.47. The number of nitrogens with zero attached hydrogens (tertiary/aromatic N) is 3. The van der Waals surface area contributed by atoms with E-state index in [0.29, 0.717) is 11.7 Å². The minimum Gasteiger partial charge on any atom is -0.334 e. The summed E-state index contributed by atoms with van der Waals surface area (Å²) in [5, 5.41) is 0. The number of amides is 1. The van der Waals surface area contributed by atoms with Crippen molar-refractivity contribution in [3.05, 3.63) is 24.3 Å². The van der Waals surface area contributed by atoms with E-state index in [1.807, 2.05) is 11.8 Å². The van der Waals surface area contributed by atoms with Crippen LogP contribution < -0.4 is 0 Å². The van der Waals surface area contributed by atoms with Gasteiger partial charge in [0.15, 0.2) is 0 Å². The maximum Gasteiger partial charge on any atom is 0.274 e. The first-order valence-corrected chi connectivity index (χ1v) is 4.36. The molecule has 1 atom stereocenters. The molecule has 1 aliphatic heterocycles. The first-order chi connectivity index (χ1) is 6.29. The molecular weight excluding hydrogens is 166 g/mol. The van der Waals surface area contributed by atoms with Crippen LogP contribution in [-0.4, -0.2) is 33.4 Å². The Kier molecular flexibility index (Phi) is 1.96. The summed E-state index contributed by atoms with van der Waals surface area (Å²) in [6.07, 6.45) is 5.70. The van der Waals surface area contributed by atoms with Gasteiger partial charge in [0.2, 0.25) is 0 Å². The van der Waals surface area contributed by atoms with Crippen molar-refractivity contribution in [1.29, 1.82) is 0 Å². The molecule has 0 bridgehead atoms. The first kappa shape index (κ1) is 8.16. The summed E-state index contributed by atoms with van der Waals surface area (Å²) in [6.45, 7) is 2.88. The highest BCUT2D eigenvalue weighted by Gasteiger charge is 2.29. The highest BCUT2D eigenvalue weighted by atomic mass is 16.2. The molecule has 0 aliphatic carbocycles. The van der Waals surface area contributed by atoms with Crippen LogP contribution >= 0.6 is 0 Å². The Morgan fingerprint density at radius 3 is 2.92 bits per heavy atom. The van der Waals surface area contributed by atoms with Crippen molar-refractivity contribution in [2.75, 3.05) is 6.54 Å². The molecule has 1 unspecified atom stereocenters. The Hall–Kier alpha value is -1.45. The van der Waals surface area contributed by atoms with Crippen LogP contribution in [0.5, 0.6) is 0 Å². The topological polar surface area (TPSA) is 46.1 Å². The van der Waals surface area contributed by atoms with E-state index in [9.17, 15) is 4.79 Å². The number of likely N-dealkylation sites (tertiary alicyclic amines) is 1. The summed E-state index contributed by atoms with van der Waals surface area (Å²) >= 11 is 0. The van der Waals surface area contributed by atoms with Crippen molar-refractivity contribution in [3.8, 4) is 0 Å². The summed E-state index contributed by atoms with van der Waals surface area (Å²) in [7, 11) is 0. The minimum atomic E-state index is -0.00755. The van der Waals surface area contributed by atoms with E-state index in [0.717, 1.165) is 13.0 Å². The summed E-state index contributed by atoms with van der Waals surface area (Å²) < 4.78 is 0. The predicted molar refractivity (Wildman–Crippen MR) is 47.1 cm³/mol. The summed E-state index contributed by atoms with van der Waals surface area (Å²) in [4.78, 5) is 21.3. The average Bonchev–Trinajstić information content (AvgIpc) is 2.17. The van der Waals surface area contributed by atoms with Gasteiger partial charge in [0.1, 0.15) is 5.69 Å². The molecule has 2 rings (SSSR count). The molecule has 1 aliphatic rings. The predicted octanol–water partition coefficient (Wildman–Crippen LogP) is 0.711. The van der Waals surface area contributed by atoms with Gasteiger partial charge in [-0.1, -0.05) is 0 Å². The lowest BCUT2D eigenvalue weighted by Gasteiger charge is -2.38. The third kappa shape index (κ3) is 1.39. The van der Waals surface area contributed by atoms with E-state index in [1.165, 1.54) is 12.4 Å². The number of carbonyl (C=O) groups excluding carboxylic acids is 1. The van der Waals surface area contributed by atoms with Gasteiger partial charge >= 0.3 is 0 Å². The van der Waals surface area contributed by atoms with Crippen LogP contribution in [0.2, 0.25) is 0 Å². The average molecular weight is 177 g/mol. The van der Waals surface area contributed by atoms with Gasteiger partial charge in [-0.2, -0.15) is 0 Å². The van der Waals surface area contributed by atoms with Gasteiger partial charge < -0.3 is 4.90 Å². The first-order valence-electron chi connectivity index (χ1n) is 4.36. The number of rotatable bonds is 1. The summed E-state index contributed by atoms with van der Waals surface area (Å²) in [5.74, 6) is -0.00755. The Bertz CT molecular complexity index is 312. The SMILES string of the molecule is CC1CCN1C(=O)c1cnccn1. The molecule has 1 fully saturated rings. The standard InChI is InChI=1S/C9H11N3O/c1-7-2-5-12(7)9(13)8-6-10-3-4-11-8/h3-4,6-7H,2,5H2,1H3. The molecule has 4 nitrogen and oxygen atoms in total. The fourth-order valence-electron chi connectivity index (χ4n) is 1.37. The number of hydrogen-bond acceptors (Lipinski definition) is 3. The maximum absolute atomic E-state index is 11.7. The van der Waals surface area contributed by atoms with Crippen molar-refractivity contribution in [3.63, 3.8) is 0 Å². The van der Waals surface area contributed by atoms with E-state index >= 15 is 0 Å². The van der Waals surface area contributed by atoms with E-state index in [1.54, 1.807) is 6.20 Å². The molecule has 1 amide bonds. The van der Waals surface area contributed by atoms with Gasteiger partial charge in [-0.25, -0.2) is 4.98 Å². The van der Waals surface area contributed by atoms with E-state index < -0.39 is 0 Å². The molecule has 1 saturated heterocycles. The fourth-order valence-corrected chi connectivity index (χ4v) is 1.37. The Morgan fingerprint density at radius 1 is 1.62 bits per heavy atom. The van der Waals surface area contributed by atoms with E-state index in [2.05, 4.69) is 9.97 Å². The Balaban J connectivity index is 2.14. The number of carbonyl (C=O) groups is 1. The largest absolute Gasteiger partial charge is 0.334 e. The summed E-state index contributed by atoms with van der Waals surface area (Å²) in [6, 6.07) is 0.356. The van der Waals surface area contributed by atoms with Gasteiger partial charge in [-0.15, -0.1) is 0 Å². The van der Waals surface area contributed by atoms with Crippen LogP contribution in [0.4, 0.5) is 0 Å². The van der Waals surface area contributed by atoms with Crippen molar-refractivity contribution in [2.45, 2.75) is 19.4 Å². The molecule has 13 heavy (non-hydrogen) atoms. The lowest BCUT2D eigenvalue weighted by molar-refractivity contribution is 0.0495. The minimum absolute atomic E-state index is 0.00755. The van der Waals surface area contributed by atoms with Crippen molar-refractivity contribution in [1.82, 2.24) is 14.9 Å². The van der Waals surface area contributed by atoms with Crippen molar-refractivity contribution >= 4 is 5.91 Å². The molecule has 2 heterocycles. The normalized spacial score (nSPS) is 21.0. The van der Waals surface area contributed by atoms with Gasteiger partial charge in [0.05, 0.1) is 6.20 Å². The molecule has 0 spiro atoms. The molecule has 0 radical (unpaired) electrons. The lowest BCUT2D eigenvalue weighted by atomic mass is 10.1. The van der Waals surface area contributed by atoms with Gasteiger partial charge in [0, 0.05) is 25.0 Å². The third-order valence-electron chi connectivity index (χ3n) is 2.36. The molecule has 0 aromatic carbocycles. The second-order valence-corrected chi connectivity index (χ2v) is 3.23. The lowest BCUT2D eigenvalue weighted by Crippen LogP contribution is -2.49. The van der Waals surface area contributed by atoms with E-state index in [-0.39, 0.29) is 5.91 Å². The van der Waals surface area contributed by atoms with Crippen LogP contribution in [0, 0.1) is 0 Å². The summed E-state index contributed by atoms with van der Waals surface area (Å²) in [5.41, 5.74) is 0.439. The molecule has 4 heteroatoms. The van der Waals surface area contributed by atoms with Crippen LogP contribution in [0.3, 0.4) is 0 Å². The fraction of sp³-hybridized carbons (Fsp3) is 0.444. The van der Waals surface area contributed by atoms with Crippen LogP contribution in [0.15, 0.2) is 18.6 Å². The molecule has 0 saturated carbocycles. The van der Waals surface area contributed by atoms with Crippen LogP contribution in [-0.2, 0) is 0 Å². The third-order valence-corrected chi connectivity index (χ3v) is 2.36. The molecule has 0 N–H and O–H groups in total. The second-order valence-electron chi connectivity index (χ2n) is 3.23.